The maximum absolute atomic E-state index is 2.34. The fourth-order valence-electron chi connectivity index (χ4n) is 3.73. The minimum atomic E-state index is 1.10. The van der Waals surface area contributed by atoms with Crippen molar-refractivity contribution in [1.29, 1.82) is 0 Å². The minimum Gasteiger partial charge on any atom is -0.293 e. The van der Waals surface area contributed by atoms with Gasteiger partial charge >= 0.3 is 0 Å². The van der Waals surface area contributed by atoms with Gasteiger partial charge in [0.15, 0.2) is 0 Å². The van der Waals surface area contributed by atoms with Crippen LogP contribution in [0.4, 0.5) is 0 Å². The third kappa shape index (κ3) is 2.73. The molecule has 0 aromatic heterocycles. The molecule has 0 saturated carbocycles. The summed E-state index contributed by atoms with van der Waals surface area (Å²) in [6, 6.07) is 17.5. The Kier molecular flexibility index (Phi) is 3.89. The summed E-state index contributed by atoms with van der Waals surface area (Å²) in [6.07, 6.45) is 9.13. The molecule has 0 heterocycles. The van der Waals surface area contributed by atoms with E-state index < -0.39 is 0 Å². The lowest BCUT2D eigenvalue weighted by molar-refractivity contribution is 0.100. The van der Waals surface area contributed by atoms with Gasteiger partial charge in [-0.15, -0.1) is 0 Å². The molecule has 4 rings (SSSR count). The van der Waals surface area contributed by atoms with Crippen molar-refractivity contribution in [2.45, 2.75) is 25.7 Å². The number of hydrogen-bond acceptors (Lipinski definition) is 2. The molecule has 0 saturated heterocycles. The van der Waals surface area contributed by atoms with Gasteiger partial charge in [0, 0.05) is 25.5 Å². The number of allylic oxidation sites excluding steroid dienone is 2. The van der Waals surface area contributed by atoms with E-state index in [1.807, 2.05) is 0 Å². The molecular formula is C22H24N2. The number of aryl methyl sites for hydroxylation is 2. The van der Waals surface area contributed by atoms with Crippen LogP contribution in [0.2, 0.25) is 0 Å². The van der Waals surface area contributed by atoms with Crippen LogP contribution < -0.4 is 0 Å². The van der Waals surface area contributed by atoms with Crippen molar-refractivity contribution in [2.24, 2.45) is 0 Å². The summed E-state index contributed by atoms with van der Waals surface area (Å²) in [7, 11) is 4.36. The van der Waals surface area contributed by atoms with Crippen LogP contribution in [0, 0.1) is 0 Å². The van der Waals surface area contributed by atoms with E-state index in [9.17, 15) is 0 Å². The highest BCUT2D eigenvalue weighted by atomic mass is 15.6. The van der Waals surface area contributed by atoms with Crippen LogP contribution in [-0.4, -0.2) is 24.1 Å². The number of nitrogens with zero attached hydrogens (tertiary/aromatic N) is 2. The molecule has 2 heteroatoms. The molecule has 0 spiro atoms. The third-order valence-corrected chi connectivity index (χ3v) is 5.34. The van der Waals surface area contributed by atoms with Crippen molar-refractivity contribution >= 4 is 12.2 Å². The van der Waals surface area contributed by atoms with Gasteiger partial charge in [-0.25, -0.2) is 0 Å². The average molecular weight is 316 g/mol. The third-order valence-electron chi connectivity index (χ3n) is 5.34. The van der Waals surface area contributed by atoms with E-state index in [0.717, 1.165) is 25.7 Å². The molecule has 0 bridgehead atoms. The van der Waals surface area contributed by atoms with Crippen molar-refractivity contribution in [3.05, 3.63) is 82.2 Å². The molecule has 0 fully saturated rings. The van der Waals surface area contributed by atoms with Gasteiger partial charge in [-0.3, -0.25) is 10.0 Å². The zero-order valence-electron chi connectivity index (χ0n) is 14.5. The zero-order chi connectivity index (χ0) is 16.5. The van der Waals surface area contributed by atoms with Gasteiger partial charge in [-0.05, 0) is 60.1 Å². The fraction of sp³-hybridized carbons (Fsp3) is 0.273. The summed E-state index contributed by atoms with van der Waals surface area (Å²) in [5.74, 6) is 0. The number of hydrazine groups is 1. The van der Waals surface area contributed by atoms with Gasteiger partial charge < -0.3 is 0 Å². The molecule has 0 unspecified atom stereocenters. The van der Waals surface area contributed by atoms with Gasteiger partial charge in [-0.2, -0.15) is 0 Å². The van der Waals surface area contributed by atoms with Gasteiger partial charge in [-0.1, -0.05) is 48.5 Å². The summed E-state index contributed by atoms with van der Waals surface area (Å²) in [4.78, 5) is 0. The molecule has 2 aliphatic carbocycles. The van der Waals surface area contributed by atoms with Crippen molar-refractivity contribution in [3.8, 4) is 0 Å². The second kappa shape index (κ2) is 6.20. The maximum atomic E-state index is 2.34. The molecular weight excluding hydrogens is 292 g/mol. The predicted molar refractivity (Wildman–Crippen MR) is 101 cm³/mol. The Balaban J connectivity index is 1.58. The Hall–Kier alpha value is -2.48. The van der Waals surface area contributed by atoms with E-state index in [0.29, 0.717) is 0 Å². The lowest BCUT2D eigenvalue weighted by Gasteiger charge is -2.38. The molecule has 122 valence electrons. The minimum absolute atomic E-state index is 1.10. The van der Waals surface area contributed by atoms with Crippen LogP contribution in [0.15, 0.2) is 59.9 Å². The zero-order valence-corrected chi connectivity index (χ0v) is 14.5. The molecule has 2 nitrogen and oxygen atoms in total. The standard InChI is InChI=1S/C22H24N2/c1-23(21-13-11-17-7-3-5-9-19(17)15-21)24(2)22-14-12-18-8-4-6-10-20(18)16-22/h3-10,15-16H,11-14H2,1-2H3. The first-order chi connectivity index (χ1) is 11.7. The molecule has 2 aromatic rings. The maximum Gasteiger partial charge on any atom is 0.0354 e. The molecule has 2 aromatic carbocycles. The van der Waals surface area contributed by atoms with Crippen LogP contribution in [0.25, 0.3) is 12.2 Å². The first-order valence-corrected chi connectivity index (χ1v) is 8.77. The van der Waals surface area contributed by atoms with Crippen molar-refractivity contribution < 1.29 is 0 Å². The van der Waals surface area contributed by atoms with Crippen molar-refractivity contribution in [2.75, 3.05) is 14.1 Å². The van der Waals surface area contributed by atoms with E-state index in [2.05, 4.69) is 84.8 Å². The van der Waals surface area contributed by atoms with Crippen molar-refractivity contribution in [1.82, 2.24) is 10.0 Å². The highest BCUT2D eigenvalue weighted by molar-refractivity contribution is 5.60. The Bertz CT molecular complexity index is 747. The van der Waals surface area contributed by atoms with E-state index in [1.165, 1.54) is 33.6 Å². The second-order valence-corrected chi connectivity index (χ2v) is 6.72. The Labute approximate surface area is 144 Å². The van der Waals surface area contributed by atoms with E-state index >= 15 is 0 Å². The molecule has 0 radical (unpaired) electrons. The summed E-state index contributed by atoms with van der Waals surface area (Å²) in [6.45, 7) is 0. The van der Waals surface area contributed by atoms with E-state index in [4.69, 9.17) is 0 Å². The van der Waals surface area contributed by atoms with Crippen LogP contribution in [-0.2, 0) is 12.8 Å². The Morgan fingerprint density at radius 2 is 1.00 bits per heavy atom. The van der Waals surface area contributed by atoms with Gasteiger partial charge in [0.25, 0.3) is 0 Å². The van der Waals surface area contributed by atoms with Crippen LogP contribution >= 0.6 is 0 Å². The highest BCUT2D eigenvalue weighted by Crippen LogP contribution is 2.30. The first kappa shape index (κ1) is 15.1. The smallest absolute Gasteiger partial charge is 0.0354 e. The summed E-state index contributed by atoms with van der Waals surface area (Å²) in [5.41, 5.74) is 8.42. The number of benzene rings is 2. The van der Waals surface area contributed by atoms with E-state index in [1.54, 1.807) is 0 Å². The summed E-state index contributed by atoms with van der Waals surface area (Å²) in [5, 5.41) is 4.63. The van der Waals surface area contributed by atoms with Crippen molar-refractivity contribution in [3.63, 3.8) is 0 Å². The largest absolute Gasteiger partial charge is 0.293 e. The number of fused-ring (bicyclic) bond motifs is 2. The van der Waals surface area contributed by atoms with E-state index in [-0.39, 0.29) is 0 Å². The van der Waals surface area contributed by atoms with Gasteiger partial charge in [0.1, 0.15) is 0 Å². The van der Waals surface area contributed by atoms with Crippen LogP contribution in [0.1, 0.15) is 35.1 Å². The molecule has 0 aliphatic heterocycles. The van der Waals surface area contributed by atoms with Gasteiger partial charge in [0.05, 0.1) is 0 Å². The lowest BCUT2D eigenvalue weighted by atomic mass is 9.94. The second-order valence-electron chi connectivity index (χ2n) is 6.72. The highest BCUT2D eigenvalue weighted by Gasteiger charge is 2.19. The average Bonchev–Trinajstić information content (AvgIpc) is 2.66. The number of hydrogen-bond donors (Lipinski definition) is 0. The molecule has 0 amide bonds. The van der Waals surface area contributed by atoms with Crippen LogP contribution in [0.3, 0.4) is 0 Å². The Morgan fingerprint density at radius 3 is 1.46 bits per heavy atom. The molecule has 24 heavy (non-hydrogen) atoms. The number of rotatable bonds is 3. The summed E-state index contributed by atoms with van der Waals surface area (Å²) >= 11 is 0. The molecule has 0 N–H and O–H groups in total. The molecule has 0 atom stereocenters. The SMILES string of the molecule is CN(C1=Cc2ccccc2CC1)N(C)C1=Cc2ccccc2CC1. The summed E-state index contributed by atoms with van der Waals surface area (Å²) < 4.78 is 0. The molecule has 2 aliphatic rings. The van der Waals surface area contributed by atoms with Crippen LogP contribution in [0.5, 0.6) is 0 Å². The Morgan fingerprint density at radius 1 is 0.583 bits per heavy atom. The first-order valence-electron chi connectivity index (χ1n) is 8.77. The topological polar surface area (TPSA) is 6.48 Å². The van der Waals surface area contributed by atoms with Gasteiger partial charge in [0.2, 0.25) is 0 Å². The lowest BCUT2D eigenvalue weighted by Crippen LogP contribution is -2.36. The quantitative estimate of drug-likeness (QED) is 0.755. The monoisotopic (exact) mass is 316 g/mol. The normalized spacial score (nSPS) is 15.8. The predicted octanol–water partition coefficient (Wildman–Crippen LogP) is 4.74. The fourth-order valence-corrected chi connectivity index (χ4v) is 3.73.